The molecule has 5 aliphatic rings. The summed E-state index contributed by atoms with van der Waals surface area (Å²) in [6, 6.07) is 5.56. The third-order valence-electron chi connectivity index (χ3n) is 12.8. The molecule has 1 aromatic rings. The molecule has 2 saturated carbocycles. The maximum Gasteiger partial charge on any atom is 0.239 e. The van der Waals surface area contributed by atoms with Crippen molar-refractivity contribution in [2.45, 2.75) is 108 Å². The van der Waals surface area contributed by atoms with Gasteiger partial charge in [-0.3, -0.25) is 9.69 Å². The molecule has 3 aliphatic carbocycles. The number of hydrogen-bond donors (Lipinski definition) is 3. The van der Waals surface area contributed by atoms with Crippen LogP contribution in [0.4, 0.5) is 0 Å². The second-order valence-corrected chi connectivity index (χ2v) is 16.5. The molecule has 12 nitrogen and oxygen atoms in total. The van der Waals surface area contributed by atoms with Crippen molar-refractivity contribution in [3.63, 3.8) is 0 Å². The van der Waals surface area contributed by atoms with Crippen molar-refractivity contribution in [2.75, 3.05) is 79.0 Å². The fourth-order valence-electron chi connectivity index (χ4n) is 10.0. The number of ether oxygens (including phenoxy) is 4. The van der Waals surface area contributed by atoms with E-state index in [9.17, 15) is 20.1 Å². The normalized spacial score (nSPS) is 27.3. The Morgan fingerprint density at radius 3 is 2.54 bits per heavy atom. The molecule has 1 saturated heterocycles. The van der Waals surface area contributed by atoms with Crippen LogP contribution in [-0.2, 0) is 19.1 Å². The number of benzene rings is 1. The Balaban J connectivity index is 1.50. The second kappa shape index (κ2) is 21.8. The predicted molar refractivity (Wildman–Crippen MR) is 219 cm³/mol. The van der Waals surface area contributed by atoms with E-state index in [1.165, 1.54) is 12.8 Å². The first kappa shape index (κ1) is 43.6. The number of nitrogens with zero attached hydrogens (tertiary/aromatic N) is 3. The van der Waals surface area contributed by atoms with Gasteiger partial charge in [-0.15, -0.1) is 6.58 Å². The zero-order chi connectivity index (χ0) is 40.0. The zero-order valence-corrected chi connectivity index (χ0v) is 34.4. The van der Waals surface area contributed by atoms with Gasteiger partial charge in [-0.05, 0) is 80.6 Å². The molecule has 2 heterocycles. The standard InChI is InChI=1S/C45H69N3O9/c1-3-26-55-45-41(48(22-27-53-29-25-51)42(52)18-15-33-11-5-6-12-33)32-39(46-56-4-2)37-30-34(13-7-9-23-49)36(14-8-10-24-50)43(44(37)45)38-31-35(16-17-40(38)57-45)54-28-21-47-19-20-47/h3,16-17,30-31,33-34,36,41,43-44,49-51H,1,4-15,18-29,32H2,2H3. The summed E-state index contributed by atoms with van der Waals surface area (Å²) in [5, 5.41) is 34.1. The Bertz CT molecular complexity index is 1490. The number of allylic oxidation sites excluding steroid dienone is 1. The fraction of sp³-hybridized carbons (Fsp3) is 0.733. The van der Waals surface area contributed by atoms with E-state index in [-0.39, 0.29) is 69.2 Å². The molecule has 318 valence electrons. The first-order valence-electron chi connectivity index (χ1n) is 22.0. The van der Waals surface area contributed by atoms with Gasteiger partial charge in [0.2, 0.25) is 11.7 Å². The van der Waals surface area contributed by atoms with Crippen LogP contribution < -0.4 is 9.47 Å². The summed E-state index contributed by atoms with van der Waals surface area (Å²) < 4.78 is 26.7. The molecule has 0 radical (unpaired) electrons. The minimum Gasteiger partial charge on any atom is -0.492 e. The van der Waals surface area contributed by atoms with Crippen LogP contribution in [-0.4, -0.2) is 128 Å². The average Bonchev–Trinajstić information content (AvgIpc) is 3.90. The molecular weight excluding hydrogens is 727 g/mol. The number of hydrogen-bond acceptors (Lipinski definition) is 11. The summed E-state index contributed by atoms with van der Waals surface area (Å²) in [4.78, 5) is 24.9. The van der Waals surface area contributed by atoms with Gasteiger partial charge in [-0.25, -0.2) is 0 Å². The number of aliphatic hydroxyl groups excluding tert-OH is 3. The monoisotopic (exact) mass is 796 g/mol. The lowest BCUT2D eigenvalue weighted by molar-refractivity contribution is -0.258. The summed E-state index contributed by atoms with van der Waals surface area (Å²) in [6.45, 7) is 11.2. The maximum absolute atomic E-state index is 14.7. The SMILES string of the molecule is C=CCOC12Oc3ccc(OCCN4CC4)cc3C3C(CCCCO)C(CCCCO)C=C(C(=NOCC)CC1N(CCOCCO)C(=O)CCC1CCCC1)C32. The van der Waals surface area contributed by atoms with Crippen LogP contribution >= 0.6 is 0 Å². The van der Waals surface area contributed by atoms with E-state index in [2.05, 4.69) is 23.6 Å². The van der Waals surface area contributed by atoms with E-state index in [4.69, 9.17) is 28.9 Å². The average molecular weight is 796 g/mol. The molecule has 6 atom stereocenters. The van der Waals surface area contributed by atoms with Crippen LogP contribution in [0.5, 0.6) is 11.5 Å². The van der Waals surface area contributed by atoms with Gasteiger partial charge in [0.1, 0.15) is 30.8 Å². The molecular formula is C45H69N3O9. The smallest absolute Gasteiger partial charge is 0.239 e. The van der Waals surface area contributed by atoms with Crippen LogP contribution in [0.25, 0.3) is 0 Å². The highest BCUT2D eigenvalue weighted by Crippen LogP contribution is 2.62. The molecule has 12 heteroatoms. The summed E-state index contributed by atoms with van der Waals surface area (Å²) in [7, 11) is 0. The highest BCUT2D eigenvalue weighted by Gasteiger charge is 2.65. The number of rotatable bonds is 26. The lowest BCUT2D eigenvalue weighted by Crippen LogP contribution is -2.70. The lowest BCUT2D eigenvalue weighted by atomic mass is 9.55. The highest BCUT2D eigenvalue weighted by atomic mass is 16.7. The van der Waals surface area contributed by atoms with Crippen molar-refractivity contribution in [3.05, 3.63) is 48.1 Å². The number of aliphatic hydroxyl groups is 3. The van der Waals surface area contributed by atoms with Gasteiger partial charge in [0, 0.05) is 63.7 Å². The second-order valence-electron chi connectivity index (χ2n) is 16.5. The number of fused-ring (bicyclic) bond motifs is 2. The number of carbonyl (C=O) groups is 1. The summed E-state index contributed by atoms with van der Waals surface area (Å²) >= 11 is 0. The van der Waals surface area contributed by atoms with Crippen LogP contribution in [0.3, 0.4) is 0 Å². The van der Waals surface area contributed by atoms with E-state index in [0.29, 0.717) is 50.7 Å². The number of amides is 1. The molecule has 1 amide bonds. The topological polar surface area (TPSA) is 143 Å². The van der Waals surface area contributed by atoms with Gasteiger partial charge in [0.25, 0.3) is 0 Å². The Kier molecular flexibility index (Phi) is 16.7. The molecule has 1 aromatic carbocycles. The van der Waals surface area contributed by atoms with Gasteiger partial charge < -0.3 is 44.0 Å². The fourth-order valence-corrected chi connectivity index (χ4v) is 10.0. The van der Waals surface area contributed by atoms with Gasteiger partial charge in [0.05, 0.1) is 38.1 Å². The van der Waals surface area contributed by atoms with Gasteiger partial charge >= 0.3 is 0 Å². The minimum absolute atomic E-state index is 0.0301. The predicted octanol–water partition coefficient (Wildman–Crippen LogP) is 5.84. The van der Waals surface area contributed by atoms with E-state index in [0.717, 1.165) is 93.6 Å². The summed E-state index contributed by atoms with van der Waals surface area (Å²) in [5.74, 6) is 0.587. The molecule has 6 unspecified atom stereocenters. The quantitative estimate of drug-likeness (QED) is 0.0453. The molecule has 3 N–H and O–H groups in total. The Labute approximate surface area is 340 Å². The molecule has 2 aliphatic heterocycles. The molecule has 0 aromatic heterocycles. The van der Waals surface area contributed by atoms with E-state index >= 15 is 0 Å². The molecule has 0 bridgehead atoms. The molecule has 57 heavy (non-hydrogen) atoms. The molecule has 6 rings (SSSR count). The van der Waals surface area contributed by atoms with Crippen LogP contribution in [0.2, 0.25) is 0 Å². The largest absolute Gasteiger partial charge is 0.492 e. The van der Waals surface area contributed by atoms with E-state index in [1.54, 1.807) is 6.08 Å². The van der Waals surface area contributed by atoms with E-state index in [1.807, 2.05) is 24.0 Å². The number of carbonyl (C=O) groups excluding carboxylic acids is 1. The van der Waals surface area contributed by atoms with Crippen LogP contribution in [0.15, 0.2) is 47.7 Å². The Hall–Kier alpha value is -3.00. The van der Waals surface area contributed by atoms with Crippen molar-refractivity contribution >= 4 is 11.6 Å². The minimum atomic E-state index is -1.31. The Morgan fingerprint density at radius 2 is 1.82 bits per heavy atom. The van der Waals surface area contributed by atoms with Gasteiger partial charge in [0.15, 0.2) is 0 Å². The van der Waals surface area contributed by atoms with Crippen LogP contribution in [0.1, 0.15) is 102 Å². The van der Waals surface area contributed by atoms with Crippen LogP contribution in [0, 0.1) is 23.7 Å². The van der Waals surface area contributed by atoms with Gasteiger partial charge in [-0.2, -0.15) is 0 Å². The van der Waals surface area contributed by atoms with Gasteiger partial charge in [-0.1, -0.05) is 55.8 Å². The van der Waals surface area contributed by atoms with E-state index < -0.39 is 11.8 Å². The van der Waals surface area contributed by atoms with Crippen molar-refractivity contribution in [2.24, 2.45) is 28.8 Å². The van der Waals surface area contributed by atoms with Crippen molar-refractivity contribution in [1.29, 1.82) is 0 Å². The maximum atomic E-state index is 14.7. The lowest BCUT2D eigenvalue weighted by Gasteiger charge is -2.60. The molecule has 3 fully saturated rings. The first-order valence-corrected chi connectivity index (χ1v) is 22.0. The van der Waals surface area contributed by atoms with Crippen molar-refractivity contribution in [3.8, 4) is 11.5 Å². The van der Waals surface area contributed by atoms with Crippen molar-refractivity contribution < 1.29 is 43.9 Å². The number of oxime groups is 1. The Morgan fingerprint density at radius 1 is 1.04 bits per heavy atom. The summed E-state index contributed by atoms with van der Waals surface area (Å²) in [6.07, 6.45) is 15.4. The number of unbranched alkanes of at least 4 members (excludes halogenated alkanes) is 2. The zero-order valence-electron chi connectivity index (χ0n) is 34.4. The highest BCUT2D eigenvalue weighted by molar-refractivity contribution is 6.03. The molecule has 0 spiro atoms. The first-order chi connectivity index (χ1) is 28.0. The summed E-state index contributed by atoms with van der Waals surface area (Å²) in [5.41, 5.74) is 2.86. The third kappa shape index (κ3) is 10.8. The van der Waals surface area contributed by atoms with Crippen molar-refractivity contribution in [1.82, 2.24) is 9.80 Å². The third-order valence-corrected chi connectivity index (χ3v) is 12.8.